The molecule has 0 spiro atoms. The lowest BCUT2D eigenvalue weighted by molar-refractivity contribution is -0.143. The van der Waals surface area contributed by atoms with Gasteiger partial charge in [-0.25, -0.2) is 9.78 Å². The zero-order chi connectivity index (χ0) is 96.5. The Morgan fingerprint density at radius 3 is 1.21 bits per heavy atom. The van der Waals surface area contributed by atoms with E-state index in [9.17, 15) is 101 Å². The summed E-state index contributed by atoms with van der Waals surface area (Å²) in [6, 6.07) is -13.9. The SMILES string of the molecule is CC[C@H](C)[C@H](NC(=O)CNC(=O)[C@H](Cc1c[nH]c2ccccc12)NC(=O)[C@@H](NC(=O)[C@@H](NC(=O)[C@H](CC(C)C)NC(=O)[C@H](CCC(N)=O)NC(=O)[C@H](CC(C)C)NC(=O)[C@H](CC(C)C)NC(=O)[C@H](Cc1cnc[nH]1)NC(=O)[C@@H](N)CCC(N)=O)[C@@H](C)O)C(C)C)C(=O)N[C@@H](CCCCN)C(=O)N[C@@H](CCC(N)=O)C(=O)N[C@@H](CC(C)C)C(=O)N[C@@H](CCC(N)=O)C(=O)O. The van der Waals surface area contributed by atoms with Crippen molar-refractivity contribution in [3.05, 3.63) is 54.2 Å². The minimum absolute atomic E-state index is 0.0107. The number of carbonyl (C=O) groups excluding carboxylic acids is 18. The normalized spacial score (nSPS) is 15.2. The molecule has 1 aromatic carbocycles. The Kier molecular flexibility index (Phi) is 47.6. The van der Waals surface area contributed by atoms with Gasteiger partial charge in [-0.05, 0) is 131 Å². The quantitative estimate of drug-likeness (QED) is 0.0239. The molecule has 0 bridgehead atoms. The van der Waals surface area contributed by atoms with Crippen LogP contribution in [0.5, 0.6) is 0 Å². The number of hydrogen-bond acceptors (Lipinski definition) is 23. The fourth-order valence-corrected chi connectivity index (χ4v) is 13.6. The van der Waals surface area contributed by atoms with Crippen LogP contribution in [-0.2, 0) is 104 Å². The molecule has 44 heteroatoms. The molecule has 0 saturated heterocycles. The monoisotopic (exact) mass is 1800 g/mol. The standard InChI is InChI=1S/C84H137N23O21/c1-14-46(12)69(82(125)97-53(21-17-18-30-85)73(116)95-54(23-27-64(88)110)74(117)100-58(32-42(4)5)77(120)98-56(84(127)128)25-29-66(90)112)105-67(113)39-93-72(115)61(35-48-37-92-52-20-16-15-19-50(48)52)104-81(124)68(45(10)11)106-83(126)70(47(13)108)107-80(123)60(34-44(8)9)101-75(118)55(24-28-65(89)111)96-76(119)57(31-41(2)3)102-78(121)59(33-43(6)7)103-79(122)62(36-49-38-91-40-94-49)99-71(114)51(86)22-26-63(87)109/h15-16,19-20,37-38,40-47,51,53-62,68-70,92,108H,14,17-18,21-36,39,85-86H2,1-13H3,(H2,87,109)(H2,88,110)(H2,89,111)(H2,90,112)(H,91,94)(H,93,115)(H,95,116)(H,96,119)(H,97,125)(H,98,120)(H,99,114)(H,100,117)(H,101,118)(H,102,121)(H,103,122)(H,104,124)(H,105,113)(H,106,126)(H,107,123)(H,127,128)/t46-,47+,51-,53-,54-,55-,56-,57-,58-,59-,60-,61-,62-,68-,69-,70-/m0/s1. The largest absolute Gasteiger partial charge is 0.480 e. The number of fused-ring (bicyclic) bond motifs is 1. The van der Waals surface area contributed by atoms with Crippen molar-refractivity contribution in [2.24, 2.45) is 69.9 Å². The summed E-state index contributed by atoms with van der Waals surface area (Å²) in [7, 11) is 0. The minimum atomic E-state index is -1.87. The molecule has 0 aliphatic carbocycles. The number of unbranched alkanes of at least 4 members (excludes halogenated alkanes) is 1. The molecule has 0 radical (unpaired) electrons. The summed E-state index contributed by atoms with van der Waals surface area (Å²) in [6.45, 7) is 20.8. The molecule has 714 valence electrons. The van der Waals surface area contributed by atoms with Crippen LogP contribution in [0.1, 0.15) is 204 Å². The number of rotatable bonds is 61. The lowest BCUT2D eigenvalue weighted by Crippen LogP contribution is -2.62. The molecule has 16 atom stereocenters. The molecule has 0 fully saturated rings. The molecule has 0 aliphatic heterocycles. The lowest BCUT2D eigenvalue weighted by atomic mass is 9.97. The van der Waals surface area contributed by atoms with Crippen molar-refractivity contribution < 1.29 is 101 Å². The molecule has 18 amide bonds. The average Bonchev–Trinajstić information content (AvgIpc) is 1.75. The molecule has 0 unspecified atom stereocenters. The maximum absolute atomic E-state index is 14.8. The number of amides is 18. The van der Waals surface area contributed by atoms with Gasteiger partial charge in [0.25, 0.3) is 0 Å². The van der Waals surface area contributed by atoms with Crippen LogP contribution in [0, 0.1) is 35.5 Å². The van der Waals surface area contributed by atoms with E-state index in [1.54, 1.807) is 114 Å². The first-order chi connectivity index (χ1) is 60.0. The van der Waals surface area contributed by atoms with Crippen LogP contribution in [-0.4, -0.2) is 241 Å². The van der Waals surface area contributed by atoms with E-state index in [1.165, 1.54) is 12.5 Å². The molecule has 3 aromatic rings. The number of benzene rings is 1. The Morgan fingerprint density at radius 2 is 0.781 bits per heavy atom. The van der Waals surface area contributed by atoms with Gasteiger partial charge < -0.3 is 129 Å². The number of carboxylic acid groups (broad SMARTS) is 1. The van der Waals surface area contributed by atoms with Gasteiger partial charge in [-0.1, -0.05) is 108 Å². The Morgan fingerprint density at radius 1 is 0.406 bits per heavy atom. The fraction of sp³-hybridized carbons (Fsp3) is 0.643. The second-order valence-corrected chi connectivity index (χ2v) is 34.3. The maximum Gasteiger partial charge on any atom is 0.326 e. The van der Waals surface area contributed by atoms with Gasteiger partial charge in [0.05, 0.1) is 25.0 Å². The van der Waals surface area contributed by atoms with Crippen molar-refractivity contribution in [3.63, 3.8) is 0 Å². The number of primary amides is 4. The number of aromatic amines is 2. The highest BCUT2D eigenvalue weighted by atomic mass is 16.4. The van der Waals surface area contributed by atoms with Gasteiger partial charge in [0.1, 0.15) is 78.5 Å². The molecule has 2 heterocycles. The zero-order valence-electron chi connectivity index (χ0n) is 75.4. The van der Waals surface area contributed by atoms with Crippen molar-refractivity contribution >= 4 is 123 Å². The van der Waals surface area contributed by atoms with E-state index < -0.39 is 253 Å². The molecule has 3 rings (SSSR count). The van der Waals surface area contributed by atoms with Crippen LogP contribution in [0.4, 0.5) is 0 Å². The molecule has 0 aliphatic rings. The Bertz CT molecular complexity index is 4250. The second-order valence-electron chi connectivity index (χ2n) is 34.3. The molecule has 30 N–H and O–H groups in total. The second kappa shape index (κ2) is 55.4. The number of aliphatic hydroxyl groups is 1. The van der Waals surface area contributed by atoms with Gasteiger partial charge in [-0.15, -0.1) is 0 Å². The third-order valence-corrected chi connectivity index (χ3v) is 20.8. The van der Waals surface area contributed by atoms with E-state index in [4.69, 9.17) is 34.4 Å². The first-order valence-electron chi connectivity index (χ1n) is 43.3. The van der Waals surface area contributed by atoms with Crippen LogP contribution in [0.3, 0.4) is 0 Å². The van der Waals surface area contributed by atoms with Crippen LogP contribution < -0.4 is 109 Å². The van der Waals surface area contributed by atoms with Crippen LogP contribution in [0.15, 0.2) is 43.0 Å². The molecule has 2 aromatic heterocycles. The minimum Gasteiger partial charge on any atom is -0.480 e. The summed E-state index contributed by atoms with van der Waals surface area (Å²) in [5.41, 5.74) is 34.9. The van der Waals surface area contributed by atoms with Crippen molar-refractivity contribution in [1.29, 1.82) is 0 Å². The smallest absolute Gasteiger partial charge is 0.326 e. The van der Waals surface area contributed by atoms with E-state index in [1.807, 2.05) is 0 Å². The van der Waals surface area contributed by atoms with Gasteiger partial charge in [0.15, 0.2) is 0 Å². The summed E-state index contributed by atoms with van der Waals surface area (Å²) in [5, 5.41) is 57.7. The number of nitrogens with zero attached hydrogens (tertiary/aromatic N) is 1. The number of hydrogen-bond donors (Lipinski definition) is 24. The first-order valence-corrected chi connectivity index (χ1v) is 43.3. The number of carbonyl (C=O) groups is 19. The Hall–Kier alpha value is -12.2. The zero-order valence-corrected chi connectivity index (χ0v) is 75.4. The number of para-hydroxylation sites is 1. The van der Waals surface area contributed by atoms with Gasteiger partial charge in [-0.3, -0.25) is 86.3 Å². The van der Waals surface area contributed by atoms with E-state index in [0.29, 0.717) is 28.6 Å². The summed E-state index contributed by atoms with van der Waals surface area (Å²) >= 11 is 0. The lowest BCUT2D eigenvalue weighted by Gasteiger charge is -2.30. The van der Waals surface area contributed by atoms with Crippen LogP contribution >= 0.6 is 0 Å². The van der Waals surface area contributed by atoms with Gasteiger partial charge in [0.2, 0.25) is 106 Å². The predicted molar refractivity (Wildman–Crippen MR) is 468 cm³/mol. The van der Waals surface area contributed by atoms with Crippen molar-refractivity contribution in [2.45, 2.75) is 296 Å². The van der Waals surface area contributed by atoms with E-state index in [-0.39, 0.29) is 107 Å². The van der Waals surface area contributed by atoms with Crippen LogP contribution in [0.25, 0.3) is 10.9 Å². The number of carboxylic acids is 1. The number of aliphatic carboxylic acids is 1. The van der Waals surface area contributed by atoms with E-state index in [0.717, 1.165) is 6.92 Å². The molecule has 128 heavy (non-hydrogen) atoms. The van der Waals surface area contributed by atoms with Crippen LogP contribution in [0.2, 0.25) is 0 Å². The number of nitrogens with two attached hydrogens (primary N) is 6. The highest BCUT2D eigenvalue weighted by Crippen LogP contribution is 2.22. The number of aromatic nitrogens is 3. The molecule has 44 nitrogen and oxygen atoms in total. The third-order valence-electron chi connectivity index (χ3n) is 20.8. The first kappa shape index (κ1) is 110. The number of nitrogens with one attached hydrogen (secondary N) is 16. The topological polar surface area (TPSA) is 734 Å². The van der Waals surface area contributed by atoms with E-state index in [2.05, 4.69) is 89.4 Å². The molecule has 0 saturated carbocycles. The maximum atomic E-state index is 14.8. The van der Waals surface area contributed by atoms with Crippen molar-refractivity contribution in [3.8, 4) is 0 Å². The van der Waals surface area contributed by atoms with Crippen molar-refractivity contribution in [1.82, 2.24) is 89.4 Å². The molecular weight excluding hydrogens is 1670 g/mol. The average molecular weight is 1810 g/mol. The number of aliphatic hydroxyl groups excluding tert-OH is 1. The number of H-pyrrole nitrogens is 2. The third kappa shape index (κ3) is 39.8. The highest BCUT2D eigenvalue weighted by Gasteiger charge is 2.40. The predicted octanol–water partition coefficient (Wildman–Crippen LogP) is -4.03. The Labute approximate surface area is 744 Å². The summed E-state index contributed by atoms with van der Waals surface area (Å²) < 4.78 is 0. The summed E-state index contributed by atoms with van der Waals surface area (Å²) in [6.07, 6.45) is -0.103. The number of imidazole rings is 1. The van der Waals surface area contributed by atoms with Gasteiger partial charge in [0, 0.05) is 67.5 Å². The Balaban J connectivity index is 1.94. The van der Waals surface area contributed by atoms with Gasteiger partial charge in [-0.2, -0.15) is 0 Å². The summed E-state index contributed by atoms with van der Waals surface area (Å²) in [4.78, 5) is 270. The van der Waals surface area contributed by atoms with Crippen molar-refractivity contribution in [2.75, 3.05) is 13.1 Å². The van der Waals surface area contributed by atoms with E-state index >= 15 is 0 Å². The highest BCUT2D eigenvalue weighted by molar-refractivity contribution is 6.01. The molecular formula is C84H137N23O21. The fourth-order valence-electron chi connectivity index (χ4n) is 13.6. The summed E-state index contributed by atoms with van der Waals surface area (Å²) in [5.74, 6) is -20.7. The van der Waals surface area contributed by atoms with Gasteiger partial charge >= 0.3 is 5.97 Å².